The molecule has 0 aromatic carbocycles. The van der Waals surface area contributed by atoms with Gasteiger partial charge in [0.1, 0.15) is 0 Å². The molecule has 1 atom stereocenters. The molecule has 0 aliphatic heterocycles. The number of nitrogens with zero attached hydrogens (tertiary/aromatic N) is 1. The van der Waals surface area contributed by atoms with E-state index in [1.165, 1.54) is 0 Å². The zero-order chi connectivity index (χ0) is 14.4. The number of nitrogens with one attached hydrogen (secondary N) is 1. The lowest BCUT2D eigenvalue weighted by molar-refractivity contribution is -0.321. The number of rotatable bonds is 6. The number of halogens is 6. The zero-order valence-corrected chi connectivity index (χ0v) is 9.40. The molecule has 1 N–H and O–H groups in total. The molecule has 9 heteroatoms. The van der Waals surface area contributed by atoms with Crippen LogP contribution in [0.2, 0.25) is 0 Å². The van der Waals surface area contributed by atoms with Crippen molar-refractivity contribution in [1.82, 2.24) is 5.32 Å². The summed E-state index contributed by atoms with van der Waals surface area (Å²) in [6.07, 6.45) is -15.1. The van der Waals surface area contributed by atoms with Crippen LogP contribution in [0, 0.1) is 11.3 Å². The quantitative estimate of drug-likeness (QED) is 0.759. The number of alkyl halides is 6. The first kappa shape index (κ1) is 17.0. The molecule has 0 bridgehead atoms. The van der Waals surface area contributed by atoms with E-state index in [0.717, 1.165) is 0 Å². The summed E-state index contributed by atoms with van der Waals surface area (Å²) < 4.78 is 76.1. The fourth-order valence-corrected chi connectivity index (χ4v) is 1.14. The topological polar surface area (TPSA) is 45.0 Å². The highest BCUT2D eigenvalue weighted by Gasteiger charge is 2.57. The highest BCUT2D eigenvalue weighted by atomic mass is 19.4. The maximum absolute atomic E-state index is 12.0. The summed E-state index contributed by atoms with van der Waals surface area (Å²) in [4.78, 5) is 0. The van der Waals surface area contributed by atoms with Crippen LogP contribution in [-0.2, 0) is 4.74 Å². The van der Waals surface area contributed by atoms with E-state index in [1.807, 2.05) is 0 Å². The summed E-state index contributed by atoms with van der Waals surface area (Å²) in [6.45, 7) is 1.22. The molecule has 0 radical (unpaired) electrons. The van der Waals surface area contributed by atoms with Gasteiger partial charge in [0.25, 0.3) is 0 Å². The Labute approximate surface area is 99.7 Å². The van der Waals surface area contributed by atoms with E-state index < -0.39 is 31.1 Å². The van der Waals surface area contributed by atoms with Crippen molar-refractivity contribution in [3.05, 3.63) is 0 Å². The molecular formula is C9H12F6N2O. The normalized spacial score (nSPS) is 14.6. The van der Waals surface area contributed by atoms with Gasteiger partial charge in [-0.3, -0.25) is 0 Å². The molecule has 0 rings (SSSR count). The van der Waals surface area contributed by atoms with Gasteiger partial charge in [-0.25, -0.2) is 0 Å². The lowest BCUT2D eigenvalue weighted by Gasteiger charge is -2.23. The van der Waals surface area contributed by atoms with Gasteiger partial charge in [0, 0.05) is 0 Å². The first-order valence-corrected chi connectivity index (χ1v) is 5.01. The standard InChI is InChI=1S/C9H12F6N2O/c1-2-17-6(5-16)3-4-18-7(8(10,11)12)9(13,14)15/h6-7,17H,2-4H2,1H3. The Bertz CT molecular complexity index is 268. The van der Waals surface area contributed by atoms with E-state index in [2.05, 4.69) is 10.1 Å². The van der Waals surface area contributed by atoms with Crippen molar-refractivity contribution in [2.24, 2.45) is 0 Å². The number of hydrogen-bond donors (Lipinski definition) is 1. The van der Waals surface area contributed by atoms with Gasteiger partial charge in [-0.05, 0) is 13.0 Å². The Morgan fingerprint density at radius 3 is 2.00 bits per heavy atom. The van der Waals surface area contributed by atoms with Crippen LogP contribution in [0.1, 0.15) is 13.3 Å². The molecule has 3 nitrogen and oxygen atoms in total. The molecule has 0 aromatic rings. The Balaban J connectivity index is 4.35. The van der Waals surface area contributed by atoms with Crippen molar-refractivity contribution in [2.75, 3.05) is 13.2 Å². The van der Waals surface area contributed by atoms with Gasteiger partial charge in [0.15, 0.2) is 0 Å². The van der Waals surface area contributed by atoms with Crippen molar-refractivity contribution in [2.45, 2.75) is 37.8 Å². The summed E-state index contributed by atoms with van der Waals surface area (Å²) in [5.74, 6) is 0. The molecule has 0 fully saturated rings. The minimum Gasteiger partial charge on any atom is -0.361 e. The largest absolute Gasteiger partial charge is 0.423 e. The van der Waals surface area contributed by atoms with Crippen LogP contribution in [0.4, 0.5) is 26.3 Å². The zero-order valence-electron chi connectivity index (χ0n) is 9.40. The van der Waals surface area contributed by atoms with Gasteiger partial charge in [-0.1, -0.05) is 6.92 Å². The van der Waals surface area contributed by atoms with Crippen molar-refractivity contribution in [1.29, 1.82) is 5.26 Å². The first-order chi connectivity index (χ1) is 8.12. The van der Waals surface area contributed by atoms with Crippen LogP contribution in [0.15, 0.2) is 0 Å². The maximum atomic E-state index is 12.0. The Hall–Kier alpha value is -1.01. The molecule has 0 spiro atoms. The molecular weight excluding hydrogens is 266 g/mol. The summed E-state index contributed by atoms with van der Waals surface area (Å²) in [7, 11) is 0. The predicted molar refractivity (Wildman–Crippen MR) is 49.5 cm³/mol. The van der Waals surface area contributed by atoms with Crippen LogP contribution < -0.4 is 5.32 Å². The molecule has 0 aliphatic carbocycles. The number of ether oxygens (including phenoxy) is 1. The van der Waals surface area contributed by atoms with Crippen LogP contribution in [0.3, 0.4) is 0 Å². The van der Waals surface area contributed by atoms with E-state index in [4.69, 9.17) is 5.26 Å². The van der Waals surface area contributed by atoms with Crippen LogP contribution in [-0.4, -0.2) is 37.7 Å². The van der Waals surface area contributed by atoms with E-state index >= 15 is 0 Å². The van der Waals surface area contributed by atoms with E-state index in [0.29, 0.717) is 6.54 Å². The molecule has 0 aliphatic rings. The van der Waals surface area contributed by atoms with Crippen molar-refractivity contribution in [3.63, 3.8) is 0 Å². The van der Waals surface area contributed by atoms with Gasteiger partial charge in [0.2, 0.25) is 6.10 Å². The van der Waals surface area contributed by atoms with E-state index in [1.54, 1.807) is 13.0 Å². The van der Waals surface area contributed by atoms with Gasteiger partial charge in [0.05, 0.1) is 18.7 Å². The Morgan fingerprint density at radius 2 is 1.67 bits per heavy atom. The average Bonchev–Trinajstić information content (AvgIpc) is 2.18. The summed E-state index contributed by atoms with van der Waals surface area (Å²) >= 11 is 0. The SMILES string of the molecule is CCNC(C#N)CCOC(C(F)(F)F)C(F)(F)F. The molecule has 106 valence electrons. The van der Waals surface area contributed by atoms with Crippen molar-refractivity contribution < 1.29 is 31.1 Å². The highest BCUT2D eigenvalue weighted by Crippen LogP contribution is 2.35. The lowest BCUT2D eigenvalue weighted by Crippen LogP contribution is -2.45. The highest BCUT2D eigenvalue weighted by molar-refractivity contribution is 4.89. The number of hydrogen-bond acceptors (Lipinski definition) is 3. The van der Waals surface area contributed by atoms with Crippen molar-refractivity contribution >= 4 is 0 Å². The van der Waals surface area contributed by atoms with Gasteiger partial charge in [-0.2, -0.15) is 31.6 Å². The van der Waals surface area contributed by atoms with E-state index in [-0.39, 0.29) is 6.42 Å². The van der Waals surface area contributed by atoms with Gasteiger partial charge >= 0.3 is 12.4 Å². The Morgan fingerprint density at radius 1 is 1.17 bits per heavy atom. The van der Waals surface area contributed by atoms with E-state index in [9.17, 15) is 26.3 Å². The van der Waals surface area contributed by atoms with Crippen LogP contribution in [0.25, 0.3) is 0 Å². The fourth-order valence-electron chi connectivity index (χ4n) is 1.14. The van der Waals surface area contributed by atoms with Crippen LogP contribution in [0.5, 0.6) is 0 Å². The molecule has 0 saturated heterocycles. The minimum absolute atomic E-state index is 0.257. The second kappa shape index (κ2) is 6.80. The second-order valence-electron chi connectivity index (χ2n) is 3.36. The second-order valence-corrected chi connectivity index (χ2v) is 3.36. The molecule has 0 amide bonds. The van der Waals surface area contributed by atoms with Crippen LogP contribution >= 0.6 is 0 Å². The smallest absolute Gasteiger partial charge is 0.361 e. The third kappa shape index (κ3) is 6.07. The molecule has 0 aromatic heterocycles. The summed E-state index contributed by atoms with van der Waals surface area (Å²) in [5, 5.41) is 11.1. The van der Waals surface area contributed by atoms with Gasteiger partial charge in [-0.15, -0.1) is 0 Å². The monoisotopic (exact) mass is 278 g/mol. The minimum atomic E-state index is -5.52. The molecule has 0 heterocycles. The summed E-state index contributed by atoms with van der Waals surface area (Å²) in [5.41, 5.74) is 0. The van der Waals surface area contributed by atoms with Gasteiger partial charge < -0.3 is 10.1 Å². The third-order valence-electron chi connectivity index (χ3n) is 1.89. The summed E-state index contributed by atoms with van der Waals surface area (Å²) in [6, 6.07) is 0.865. The third-order valence-corrected chi connectivity index (χ3v) is 1.89. The first-order valence-electron chi connectivity index (χ1n) is 5.01. The average molecular weight is 278 g/mol. The van der Waals surface area contributed by atoms with Crippen molar-refractivity contribution in [3.8, 4) is 6.07 Å². The lowest BCUT2D eigenvalue weighted by atomic mass is 10.2. The fraction of sp³-hybridized carbons (Fsp3) is 0.889. The molecule has 1 unspecified atom stereocenters. The Kier molecular flexibility index (Phi) is 6.42. The molecule has 0 saturated carbocycles. The maximum Gasteiger partial charge on any atom is 0.423 e. The predicted octanol–water partition coefficient (Wildman–Crippen LogP) is 2.39. The number of nitriles is 1. The molecule has 18 heavy (non-hydrogen) atoms.